The number of hydrogen-bond acceptors (Lipinski definition) is 11. The molecule has 1 atom stereocenters. The lowest BCUT2D eigenvalue weighted by molar-refractivity contribution is -0.136. The summed E-state index contributed by atoms with van der Waals surface area (Å²) < 4.78 is 9.36. The van der Waals surface area contributed by atoms with Gasteiger partial charge >= 0.3 is 0 Å². The van der Waals surface area contributed by atoms with E-state index in [4.69, 9.17) is 14.8 Å². The van der Waals surface area contributed by atoms with Gasteiger partial charge in [0.15, 0.2) is 0 Å². The van der Waals surface area contributed by atoms with Crippen molar-refractivity contribution >= 4 is 57.3 Å². The molecule has 0 aliphatic carbocycles. The number of nitrogens with one attached hydrogen (secondary N) is 1. The Morgan fingerprint density at radius 1 is 0.821 bits per heavy atom. The van der Waals surface area contributed by atoms with Crippen LogP contribution in [0, 0.1) is 6.92 Å². The Kier molecular flexibility index (Phi) is 8.40. The highest BCUT2D eigenvalue weighted by Gasteiger charge is 2.45. The van der Waals surface area contributed by atoms with Crippen molar-refractivity contribution in [2.45, 2.75) is 44.7 Å². The molecule has 7 heterocycles. The van der Waals surface area contributed by atoms with Crippen LogP contribution in [0.4, 0.5) is 22.7 Å². The first-order valence-corrected chi connectivity index (χ1v) is 18.8. The third-order valence-electron chi connectivity index (χ3n) is 11.7. The largest absolute Gasteiger partial charge is 0.497 e. The number of carbonyl (C=O) groups is 4. The molecule has 4 aliphatic rings. The number of hydrogen-bond donors (Lipinski definition) is 1. The van der Waals surface area contributed by atoms with Crippen LogP contribution in [-0.2, 0) is 16.6 Å². The van der Waals surface area contributed by atoms with Gasteiger partial charge in [-0.3, -0.25) is 43.9 Å². The summed E-state index contributed by atoms with van der Waals surface area (Å²) in [4.78, 5) is 76.1. The summed E-state index contributed by atoms with van der Waals surface area (Å²) in [6, 6.07) is 12.4. The molecule has 4 amide bonds. The predicted octanol–water partition coefficient (Wildman–Crippen LogP) is 3.94. The maximum Gasteiger partial charge on any atom is 0.262 e. The fourth-order valence-corrected chi connectivity index (χ4v) is 8.58. The highest BCUT2D eigenvalue weighted by atomic mass is 16.5. The number of piperidine rings is 2. The molecule has 286 valence electrons. The van der Waals surface area contributed by atoms with Gasteiger partial charge in [-0.25, -0.2) is 0 Å². The van der Waals surface area contributed by atoms with Crippen molar-refractivity contribution in [1.29, 1.82) is 0 Å². The molecule has 0 bridgehead atoms. The number of aromatic nitrogens is 4. The fourth-order valence-electron chi connectivity index (χ4n) is 8.58. The van der Waals surface area contributed by atoms with Gasteiger partial charge in [-0.1, -0.05) is 0 Å². The Morgan fingerprint density at radius 2 is 1.61 bits per heavy atom. The van der Waals surface area contributed by atoms with Gasteiger partial charge < -0.3 is 24.0 Å². The molecule has 15 heteroatoms. The van der Waals surface area contributed by atoms with Gasteiger partial charge in [-0.15, -0.1) is 0 Å². The average molecular weight is 756 g/mol. The predicted molar refractivity (Wildman–Crippen MR) is 210 cm³/mol. The van der Waals surface area contributed by atoms with Gasteiger partial charge in [0.25, 0.3) is 17.4 Å². The second kappa shape index (κ2) is 13.4. The Morgan fingerprint density at radius 3 is 2.38 bits per heavy atom. The lowest BCUT2D eigenvalue weighted by atomic mass is 10.0. The van der Waals surface area contributed by atoms with Gasteiger partial charge in [0.05, 0.1) is 64.9 Å². The third-order valence-corrected chi connectivity index (χ3v) is 11.7. The summed E-state index contributed by atoms with van der Waals surface area (Å²) in [5.74, 6) is -1.36. The summed E-state index contributed by atoms with van der Waals surface area (Å²) >= 11 is 0. The highest BCUT2D eigenvalue weighted by molar-refractivity contribution is 6.23. The number of amides is 4. The first-order valence-electron chi connectivity index (χ1n) is 18.8. The van der Waals surface area contributed by atoms with Crippen LogP contribution in [0.3, 0.4) is 0 Å². The number of ether oxygens (including phenoxy) is 1. The molecule has 0 saturated carbocycles. The van der Waals surface area contributed by atoms with Gasteiger partial charge in [-0.05, 0) is 56.5 Å². The number of benzene rings is 2. The van der Waals surface area contributed by atoms with E-state index < -0.39 is 29.7 Å². The van der Waals surface area contributed by atoms with E-state index in [0.717, 1.165) is 88.8 Å². The molecule has 2 saturated heterocycles. The van der Waals surface area contributed by atoms with Crippen LogP contribution in [0.5, 0.6) is 5.75 Å². The zero-order chi connectivity index (χ0) is 39.0. The smallest absolute Gasteiger partial charge is 0.262 e. The number of carbonyl (C=O) groups excluding carboxylic acids is 4. The van der Waals surface area contributed by atoms with Gasteiger partial charge in [0.1, 0.15) is 11.8 Å². The second-order valence-electron chi connectivity index (χ2n) is 15.0. The van der Waals surface area contributed by atoms with Crippen LogP contribution in [0.2, 0.25) is 0 Å². The van der Waals surface area contributed by atoms with Crippen molar-refractivity contribution in [3.05, 3.63) is 88.1 Å². The third kappa shape index (κ3) is 5.67. The molecule has 0 radical (unpaired) electrons. The normalized spacial score (nSPS) is 18.8. The summed E-state index contributed by atoms with van der Waals surface area (Å²) in [5.41, 5.74) is 7.52. The zero-order valence-electron chi connectivity index (χ0n) is 31.6. The molecule has 9 rings (SSSR count). The van der Waals surface area contributed by atoms with E-state index >= 15 is 0 Å². The van der Waals surface area contributed by atoms with Gasteiger partial charge in [0.2, 0.25) is 11.8 Å². The number of rotatable bonds is 6. The SMILES string of the molecule is COc1cc(N2CCN(C)c3cc(-c4cnn(C5CCN(c6ccc7c(c6)C(=O)N(C6CCC(=O)NC6=O)C7=O)CC5)c4)ncc32)c2cc(C)c(=O)n(C)c2c1. The minimum atomic E-state index is -0.993. The zero-order valence-corrected chi connectivity index (χ0v) is 31.6. The number of pyridine rings is 2. The number of fused-ring (bicyclic) bond motifs is 3. The number of anilines is 4. The van der Waals surface area contributed by atoms with Crippen LogP contribution in [0.25, 0.3) is 22.2 Å². The van der Waals surface area contributed by atoms with E-state index in [-0.39, 0.29) is 35.6 Å². The minimum Gasteiger partial charge on any atom is -0.497 e. The molecule has 0 spiro atoms. The van der Waals surface area contributed by atoms with Crippen molar-refractivity contribution in [3.63, 3.8) is 0 Å². The van der Waals surface area contributed by atoms with E-state index in [1.54, 1.807) is 30.9 Å². The van der Waals surface area contributed by atoms with E-state index in [2.05, 4.69) is 39.3 Å². The van der Waals surface area contributed by atoms with E-state index in [1.807, 2.05) is 48.3 Å². The van der Waals surface area contributed by atoms with Crippen LogP contribution in [-0.4, -0.2) is 94.2 Å². The first-order chi connectivity index (χ1) is 27.0. The van der Waals surface area contributed by atoms with Crippen LogP contribution >= 0.6 is 0 Å². The first kappa shape index (κ1) is 35.2. The lowest BCUT2D eigenvalue weighted by Crippen LogP contribution is -2.54. The van der Waals surface area contributed by atoms with Gasteiger partial charge in [0, 0.05) is 87.2 Å². The molecule has 2 aromatic carbocycles. The van der Waals surface area contributed by atoms with Crippen LogP contribution in [0.15, 0.2) is 65.8 Å². The number of aryl methyl sites for hydroxylation is 2. The molecule has 1 unspecified atom stereocenters. The summed E-state index contributed by atoms with van der Waals surface area (Å²) in [6.45, 7) is 4.80. The number of imide groups is 2. The summed E-state index contributed by atoms with van der Waals surface area (Å²) in [7, 11) is 5.51. The molecule has 2 fully saturated rings. The quantitative estimate of drug-likeness (QED) is 0.251. The molecule has 1 N–H and O–H groups in total. The molecule has 56 heavy (non-hydrogen) atoms. The molecule has 5 aromatic rings. The Labute approximate surface area is 322 Å². The molecule has 4 aliphatic heterocycles. The standard InChI is InChI=1S/C41H41N9O6/c1-23-15-30-33(46(3)39(23)53)17-27(56-4)18-34(30)48-14-13-45(2)35-19-31(42-21-36(35)48)24-20-43-49(22-24)25-9-11-47(12-10-25)26-5-6-28-29(16-26)41(55)50(40(28)54)32-7-8-37(51)44-38(32)52/h5-6,15-22,25,32H,7-14H2,1-4H3,(H,44,51,52). The lowest BCUT2D eigenvalue weighted by Gasteiger charge is -2.37. The van der Waals surface area contributed by atoms with Crippen molar-refractivity contribution < 1.29 is 23.9 Å². The van der Waals surface area contributed by atoms with E-state index in [9.17, 15) is 24.0 Å². The topological polar surface area (TPSA) is 155 Å². The Balaban J connectivity index is 0.916. The number of nitrogens with zero attached hydrogens (tertiary/aromatic N) is 8. The second-order valence-corrected chi connectivity index (χ2v) is 15.0. The van der Waals surface area contributed by atoms with Crippen LogP contribution in [0.1, 0.15) is 58.0 Å². The maximum atomic E-state index is 13.4. The molecule has 15 nitrogen and oxygen atoms in total. The Hall–Kier alpha value is -6.51. The maximum absolute atomic E-state index is 13.4. The fraction of sp³-hybridized carbons (Fsp3) is 0.341. The Bertz CT molecular complexity index is 2550. The number of likely N-dealkylation sites (N-methyl/N-ethyl adjacent to an activating group) is 1. The monoisotopic (exact) mass is 755 g/mol. The average Bonchev–Trinajstić information content (AvgIpc) is 3.80. The van der Waals surface area contributed by atoms with Crippen LogP contribution < -0.4 is 30.3 Å². The van der Waals surface area contributed by atoms with Crippen molar-refractivity contribution in [1.82, 2.24) is 29.5 Å². The summed E-state index contributed by atoms with van der Waals surface area (Å²) in [6.07, 6.45) is 7.67. The number of methoxy groups -OCH3 is 1. The minimum absolute atomic E-state index is 0.0370. The molecule has 3 aromatic heterocycles. The van der Waals surface area contributed by atoms with Crippen molar-refractivity contribution in [3.8, 4) is 17.0 Å². The van der Waals surface area contributed by atoms with Gasteiger partial charge in [-0.2, -0.15) is 5.10 Å². The van der Waals surface area contributed by atoms with E-state index in [1.165, 1.54) is 0 Å². The van der Waals surface area contributed by atoms with Crippen molar-refractivity contribution in [2.24, 2.45) is 7.05 Å². The molecular formula is C41H41N9O6. The molecular weight excluding hydrogens is 715 g/mol. The summed E-state index contributed by atoms with van der Waals surface area (Å²) in [5, 5.41) is 7.97. The highest BCUT2D eigenvalue weighted by Crippen LogP contribution is 2.43. The van der Waals surface area contributed by atoms with E-state index in [0.29, 0.717) is 11.3 Å². The van der Waals surface area contributed by atoms with Crippen molar-refractivity contribution in [2.75, 3.05) is 55.0 Å².